The second kappa shape index (κ2) is 7.12. The van der Waals surface area contributed by atoms with Crippen LogP contribution in [0.5, 0.6) is 5.75 Å². The number of hydrogen-bond acceptors (Lipinski definition) is 6. The average Bonchev–Trinajstić information content (AvgIpc) is 2.58. The van der Waals surface area contributed by atoms with Crippen molar-refractivity contribution in [1.82, 2.24) is 0 Å². The van der Waals surface area contributed by atoms with E-state index in [4.69, 9.17) is 19.9 Å². The predicted octanol–water partition coefficient (Wildman–Crippen LogP) is 1.57. The maximum atomic E-state index is 12.3. The number of sulfonamides is 1. The van der Waals surface area contributed by atoms with Gasteiger partial charge >= 0.3 is 5.97 Å². The van der Waals surface area contributed by atoms with E-state index in [1.165, 1.54) is 19.2 Å². The fourth-order valence-corrected chi connectivity index (χ4v) is 2.54. The van der Waals surface area contributed by atoms with Gasteiger partial charge in [0.05, 0.1) is 23.6 Å². The molecule has 24 heavy (non-hydrogen) atoms. The fraction of sp³-hybridized carbons (Fsp3) is 0.125. The second-order valence-electron chi connectivity index (χ2n) is 4.75. The van der Waals surface area contributed by atoms with Crippen molar-refractivity contribution in [2.45, 2.75) is 11.5 Å². The molecule has 0 bridgehead atoms. The van der Waals surface area contributed by atoms with E-state index in [1.54, 1.807) is 24.3 Å². The zero-order valence-corrected chi connectivity index (χ0v) is 13.5. The summed E-state index contributed by atoms with van der Waals surface area (Å²) >= 11 is 0. The molecule has 0 unspecified atom stereocenters. The lowest BCUT2D eigenvalue weighted by Gasteiger charge is -2.10. The van der Waals surface area contributed by atoms with Crippen LogP contribution in [0.2, 0.25) is 0 Å². The van der Waals surface area contributed by atoms with Crippen molar-refractivity contribution in [1.29, 1.82) is 5.26 Å². The number of primary sulfonamides is 1. The molecule has 2 rings (SSSR count). The first kappa shape index (κ1) is 17.5. The van der Waals surface area contributed by atoms with Gasteiger partial charge in [-0.15, -0.1) is 0 Å². The van der Waals surface area contributed by atoms with Crippen molar-refractivity contribution < 1.29 is 22.7 Å². The Morgan fingerprint density at radius 2 is 1.96 bits per heavy atom. The number of esters is 1. The monoisotopic (exact) mass is 346 g/mol. The predicted molar refractivity (Wildman–Crippen MR) is 84.6 cm³/mol. The summed E-state index contributed by atoms with van der Waals surface area (Å²) in [7, 11) is -2.63. The van der Waals surface area contributed by atoms with Crippen molar-refractivity contribution in [2.24, 2.45) is 5.14 Å². The fourth-order valence-electron chi connectivity index (χ4n) is 2.00. The zero-order valence-electron chi connectivity index (χ0n) is 12.7. The Morgan fingerprint density at radius 3 is 2.58 bits per heavy atom. The van der Waals surface area contributed by atoms with Crippen molar-refractivity contribution in [3.05, 3.63) is 59.2 Å². The zero-order chi connectivity index (χ0) is 17.7. The van der Waals surface area contributed by atoms with E-state index < -0.39 is 16.0 Å². The third-order valence-corrected chi connectivity index (χ3v) is 4.13. The van der Waals surface area contributed by atoms with E-state index in [-0.39, 0.29) is 22.8 Å². The van der Waals surface area contributed by atoms with Crippen molar-refractivity contribution in [2.75, 3.05) is 7.11 Å². The number of nitrogens with zero attached hydrogens (tertiary/aromatic N) is 1. The van der Waals surface area contributed by atoms with Gasteiger partial charge in [-0.2, -0.15) is 5.26 Å². The molecule has 0 heterocycles. The summed E-state index contributed by atoms with van der Waals surface area (Å²) in [6, 6.07) is 12.3. The lowest BCUT2D eigenvalue weighted by atomic mass is 10.1. The Labute approximate surface area is 139 Å². The first-order chi connectivity index (χ1) is 11.4. The van der Waals surface area contributed by atoms with Gasteiger partial charge in [0.15, 0.2) is 0 Å². The molecule has 124 valence electrons. The molecule has 0 amide bonds. The van der Waals surface area contributed by atoms with Gasteiger partial charge in [0, 0.05) is 5.56 Å². The van der Waals surface area contributed by atoms with Gasteiger partial charge in [0.1, 0.15) is 17.9 Å². The number of carbonyl (C=O) groups is 1. The van der Waals surface area contributed by atoms with Crippen LogP contribution in [0.25, 0.3) is 0 Å². The minimum Gasteiger partial charge on any atom is -0.496 e. The normalized spacial score (nSPS) is 10.7. The number of benzene rings is 2. The molecule has 8 heteroatoms. The van der Waals surface area contributed by atoms with E-state index >= 15 is 0 Å². The molecule has 7 nitrogen and oxygen atoms in total. The molecule has 0 aromatic heterocycles. The van der Waals surface area contributed by atoms with Gasteiger partial charge in [-0.25, -0.2) is 18.4 Å². The Hall–Kier alpha value is -2.89. The summed E-state index contributed by atoms with van der Waals surface area (Å²) in [5.41, 5.74) is 0.851. The lowest BCUT2D eigenvalue weighted by molar-refractivity contribution is 0.0468. The summed E-state index contributed by atoms with van der Waals surface area (Å²) < 4.78 is 33.0. The van der Waals surface area contributed by atoms with E-state index in [2.05, 4.69) is 0 Å². The third kappa shape index (κ3) is 3.90. The smallest absolute Gasteiger partial charge is 0.342 e. The van der Waals surface area contributed by atoms with Crippen LogP contribution in [-0.4, -0.2) is 21.5 Å². The molecule has 0 fully saturated rings. The highest BCUT2D eigenvalue weighted by Crippen LogP contribution is 2.23. The number of rotatable bonds is 5. The standard InChI is InChI=1S/C16H14N2O5S/c1-22-15-7-6-13(24(18,20)21)8-14(15)16(19)23-10-12-5-3-2-4-11(12)9-17/h2-8H,10H2,1H3,(H2,18,20,21). The van der Waals surface area contributed by atoms with Gasteiger partial charge in [0.2, 0.25) is 10.0 Å². The summed E-state index contributed by atoms with van der Waals surface area (Å²) in [6.45, 7) is -0.134. The molecule has 2 aromatic carbocycles. The molecule has 0 aliphatic rings. The van der Waals surface area contributed by atoms with Crippen LogP contribution in [0, 0.1) is 11.3 Å². The minimum absolute atomic E-state index is 0.0709. The third-order valence-electron chi connectivity index (χ3n) is 3.22. The molecule has 2 aromatic rings. The quantitative estimate of drug-likeness (QED) is 0.821. The summed E-state index contributed by atoms with van der Waals surface area (Å²) in [5, 5.41) is 14.1. The van der Waals surface area contributed by atoms with Gasteiger partial charge in [-0.3, -0.25) is 0 Å². The van der Waals surface area contributed by atoms with E-state index in [0.717, 1.165) is 6.07 Å². The molecule has 0 aliphatic heterocycles. The Morgan fingerprint density at radius 1 is 1.25 bits per heavy atom. The molecule has 0 saturated carbocycles. The number of methoxy groups -OCH3 is 1. The van der Waals surface area contributed by atoms with Crippen LogP contribution in [-0.2, 0) is 21.4 Å². The molecule has 2 N–H and O–H groups in total. The highest BCUT2D eigenvalue weighted by Gasteiger charge is 2.19. The number of carbonyl (C=O) groups excluding carboxylic acids is 1. The molecule has 0 atom stereocenters. The summed E-state index contributed by atoms with van der Waals surface area (Å²) in [5.74, 6) is -0.633. The Kier molecular flexibility index (Phi) is 5.18. The largest absolute Gasteiger partial charge is 0.496 e. The summed E-state index contributed by atoms with van der Waals surface area (Å²) in [4.78, 5) is 12.0. The Bertz CT molecular complexity index is 916. The van der Waals surface area contributed by atoms with E-state index in [9.17, 15) is 13.2 Å². The minimum atomic E-state index is -3.97. The maximum absolute atomic E-state index is 12.3. The highest BCUT2D eigenvalue weighted by atomic mass is 32.2. The molecular weight excluding hydrogens is 332 g/mol. The molecule has 0 aliphatic carbocycles. The first-order valence-corrected chi connectivity index (χ1v) is 8.27. The van der Waals surface area contributed by atoms with Gasteiger partial charge in [-0.1, -0.05) is 18.2 Å². The number of hydrogen-bond donors (Lipinski definition) is 1. The van der Waals surface area contributed by atoms with Crippen LogP contribution in [0.15, 0.2) is 47.4 Å². The van der Waals surface area contributed by atoms with Crippen LogP contribution in [0.3, 0.4) is 0 Å². The lowest BCUT2D eigenvalue weighted by Crippen LogP contribution is -2.14. The highest BCUT2D eigenvalue weighted by molar-refractivity contribution is 7.89. The van der Waals surface area contributed by atoms with Crippen LogP contribution < -0.4 is 9.88 Å². The molecule has 0 radical (unpaired) electrons. The van der Waals surface area contributed by atoms with Crippen molar-refractivity contribution >= 4 is 16.0 Å². The average molecular weight is 346 g/mol. The molecule has 0 saturated heterocycles. The second-order valence-corrected chi connectivity index (χ2v) is 6.31. The van der Waals surface area contributed by atoms with Crippen molar-refractivity contribution in [3.63, 3.8) is 0 Å². The number of nitriles is 1. The van der Waals surface area contributed by atoms with Crippen LogP contribution >= 0.6 is 0 Å². The van der Waals surface area contributed by atoms with E-state index in [0.29, 0.717) is 11.1 Å². The maximum Gasteiger partial charge on any atom is 0.342 e. The number of nitrogens with two attached hydrogens (primary N) is 1. The Balaban J connectivity index is 2.28. The first-order valence-electron chi connectivity index (χ1n) is 6.72. The van der Waals surface area contributed by atoms with Gasteiger partial charge in [0.25, 0.3) is 0 Å². The van der Waals surface area contributed by atoms with Crippen LogP contribution in [0.4, 0.5) is 0 Å². The van der Waals surface area contributed by atoms with Crippen molar-refractivity contribution in [3.8, 4) is 11.8 Å². The number of ether oxygens (including phenoxy) is 2. The topological polar surface area (TPSA) is 119 Å². The summed E-state index contributed by atoms with van der Waals surface area (Å²) in [6.07, 6.45) is 0. The SMILES string of the molecule is COc1ccc(S(N)(=O)=O)cc1C(=O)OCc1ccccc1C#N. The molecular formula is C16H14N2O5S. The van der Waals surface area contributed by atoms with Gasteiger partial charge < -0.3 is 9.47 Å². The van der Waals surface area contributed by atoms with Gasteiger partial charge in [-0.05, 0) is 24.3 Å². The van der Waals surface area contributed by atoms with Crippen LogP contribution in [0.1, 0.15) is 21.5 Å². The van der Waals surface area contributed by atoms with E-state index in [1.807, 2.05) is 6.07 Å². The molecule has 0 spiro atoms.